The second-order valence-corrected chi connectivity index (χ2v) is 8.91. The summed E-state index contributed by atoms with van der Waals surface area (Å²) in [6.45, 7) is 0.450. The summed E-state index contributed by atoms with van der Waals surface area (Å²) in [7, 11) is 1.32. The van der Waals surface area contributed by atoms with Gasteiger partial charge in [-0.25, -0.2) is 9.78 Å². The predicted molar refractivity (Wildman–Crippen MR) is 137 cm³/mol. The van der Waals surface area contributed by atoms with E-state index in [9.17, 15) is 9.59 Å². The van der Waals surface area contributed by atoms with Gasteiger partial charge in [-0.15, -0.1) is 10.2 Å². The molecule has 0 aliphatic carbocycles. The Morgan fingerprint density at radius 3 is 2.50 bits per heavy atom. The number of carbonyl (C=O) groups is 1. The van der Waals surface area contributed by atoms with Gasteiger partial charge < -0.3 is 9.15 Å². The highest BCUT2D eigenvalue weighted by Crippen LogP contribution is 2.25. The van der Waals surface area contributed by atoms with Gasteiger partial charge in [-0.05, 0) is 42.3 Å². The lowest BCUT2D eigenvalue weighted by Crippen LogP contribution is -2.24. The average Bonchev–Trinajstić information content (AvgIpc) is 3.41. The van der Waals surface area contributed by atoms with E-state index in [2.05, 4.69) is 10.2 Å². The van der Waals surface area contributed by atoms with E-state index in [1.165, 1.54) is 18.9 Å². The first kappa shape index (κ1) is 23.5. The molecule has 2 heterocycles. The summed E-state index contributed by atoms with van der Waals surface area (Å²) in [5.41, 5.74) is 2.53. The molecule has 36 heavy (non-hydrogen) atoms. The molecule has 9 heteroatoms. The van der Waals surface area contributed by atoms with Crippen molar-refractivity contribution in [2.75, 3.05) is 7.11 Å². The van der Waals surface area contributed by atoms with Gasteiger partial charge in [0.2, 0.25) is 11.8 Å². The number of methoxy groups -OCH3 is 1. The number of nitrogens with zero attached hydrogens (tertiary/aromatic N) is 4. The molecule has 0 N–H and O–H groups in total. The lowest BCUT2D eigenvalue weighted by atomic mass is 10.1. The molecule has 0 saturated heterocycles. The zero-order valence-corrected chi connectivity index (χ0v) is 20.3. The zero-order valence-electron chi connectivity index (χ0n) is 19.5. The topological polar surface area (TPSA) is 100 Å². The zero-order chi connectivity index (χ0) is 24.9. The van der Waals surface area contributed by atoms with Crippen molar-refractivity contribution in [3.63, 3.8) is 0 Å². The van der Waals surface area contributed by atoms with E-state index in [4.69, 9.17) is 14.1 Å². The van der Waals surface area contributed by atoms with Gasteiger partial charge in [-0.3, -0.25) is 9.36 Å². The van der Waals surface area contributed by atoms with Crippen LogP contribution in [0.4, 0.5) is 0 Å². The third-order valence-corrected chi connectivity index (χ3v) is 6.58. The molecule has 0 amide bonds. The number of fused-ring (bicyclic) bond motifs is 1. The molecule has 5 rings (SSSR count). The van der Waals surface area contributed by atoms with Crippen LogP contribution < -0.4 is 5.56 Å². The third-order valence-electron chi connectivity index (χ3n) is 5.62. The van der Waals surface area contributed by atoms with Crippen molar-refractivity contribution in [2.24, 2.45) is 0 Å². The number of ether oxygens (including phenoxy) is 1. The summed E-state index contributed by atoms with van der Waals surface area (Å²) in [4.78, 5) is 30.2. The molecule has 180 valence electrons. The molecular weight excluding hydrogens is 476 g/mol. The fourth-order valence-electron chi connectivity index (χ4n) is 3.77. The second kappa shape index (κ2) is 10.6. The maximum Gasteiger partial charge on any atom is 0.337 e. The van der Waals surface area contributed by atoms with Crippen molar-refractivity contribution in [1.82, 2.24) is 19.7 Å². The number of hydrogen-bond acceptors (Lipinski definition) is 8. The molecule has 0 radical (unpaired) electrons. The molecule has 0 fully saturated rings. The molecule has 0 bridgehead atoms. The SMILES string of the molecule is COC(=O)c1ccc2c(=O)n(CCc3ccccc3)c(SCc3nnc(-c4ccccc4)o3)nc2c1. The maximum absolute atomic E-state index is 13.5. The van der Waals surface area contributed by atoms with Crippen LogP contribution in [0.15, 0.2) is 93.2 Å². The Balaban J connectivity index is 1.47. The highest BCUT2D eigenvalue weighted by atomic mass is 32.2. The van der Waals surface area contributed by atoms with Crippen LogP contribution in [0.1, 0.15) is 21.8 Å². The van der Waals surface area contributed by atoms with Gasteiger partial charge in [0.25, 0.3) is 5.56 Å². The summed E-state index contributed by atoms with van der Waals surface area (Å²) >= 11 is 1.33. The molecule has 3 aromatic carbocycles. The Labute approximate surface area is 211 Å². The smallest absolute Gasteiger partial charge is 0.337 e. The van der Waals surface area contributed by atoms with E-state index in [-0.39, 0.29) is 5.56 Å². The van der Waals surface area contributed by atoms with Crippen LogP contribution in [0.3, 0.4) is 0 Å². The van der Waals surface area contributed by atoms with Gasteiger partial charge in [0.1, 0.15) is 0 Å². The molecule has 2 aromatic heterocycles. The number of aromatic nitrogens is 4. The molecule has 0 aliphatic rings. The summed E-state index contributed by atoms with van der Waals surface area (Å²) in [5.74, 6) is 0.702. The van der Waals surface area contributed by atoms with Crippen molar-refractivity contribution < 1.29 is 13.9 Å². The summed E-state index contributed by atoms with van der Waals surface area (Å²) < 4.78 is 12.3. The highest BCUT2D eigenvalue weighted by Gasteiger charge is 2.16. The number of thioether (sulfide) groups is 1. The van der Waals surface area contributed by atoms with Crippen LogP contribution in [-0.4, -0.2) is 32.8 Å². The minimum atomic E-state index is -0.486. The van der Waals surface area contributed by atoms with E-state index in [0.717, 1.165) is 11.1 Å². The molecular formula is C27H22N4O4S. The van der Waals surface area contributed by atoms with Crippen molar-refractivity contribution in [3.05, 3.63) is 106 Å². The number of carbonyl (C=O) groups excluding carboxylic acids is 1. The van der Waals surface area contributed by atoms with E-state index < -0.39 is 5.97 Å². The van der Waals surface area contributed by atoms with Gasteiger partial charge in [0, 0.05) is 12.1 Å². The standard InChI is InChI=1S/C27H22N4O4S/c1-34-26(33)20-12-13-21-22(16-20)28-27(31(25(21)32)15-14-18-8-4-2-5-9-18)36-17-23-29-30-24(35-23)19-10-6-3-7-11-19/h2-13,16H,14-15,17H2,1H3. The number of esters is 1. The first-order valence-electron chi connectivity index (χ1n) is 11.3. The first-order chi connectivity index (χ1) is 17.6. The highest BCUT2D eigenvalue weighted by molar-refractivity contribution is 7.98. The van der Waals surface area contributed by atoms with Gasteiger partial charge in [-0.1, -0.05) is 60.3 Å². The quantitative estimate of drug-likeness (QED) is 0.171. The molecule has 5 aromatic rings. The van der Waals surface area contributed by atoms with E-state index >= 15 is 0 Å². The Morgan fingerprint density at radius 1 is 1.00 bits per heavy atom. The van der Waals surface area contributed by atoms with Gasteiger partial charge >= 0.3 is 5.97 Å². The van der Waals surface area contributed by atoms with Crippen LogP contribution >= 0.6 is 11.8 Å². The molecule has 0 saturated carbocycles. The van der Waals surface area contributed by atoms with Crippen LogP contribution in [0, 0.1) is 0 Å². The van der Waals surface area contributed by atoms with E-state index in [0.29, 0.717) is 52.1 Å². The van der Waals surface area contributed by atoms with Crippen molar-refractivity contribution in [2.45, 2.75) is 23.9 Å². The predicted octanol–water partition coefficient (Wildman–Crippen LogP) is 4.77. The Hall–Kier alpha value is -4.24. The molecule has 8 nitrogen and oxygen atoms in total. The lowest BCUT2D eigenvalue weighted by molar-refractivity contribution is 0.0601. The van der Waals surface area contributed by atoms with Crippen LogP contribution in [0.5, 0.6) is 0 Å². The van der Waals surface area contributed by atoms with Crippen LogP contribution in [-0.2, 0) is 23.5 Å². The van der Waals surface area contributed by atoms with E-state index in [1.807, 2.05) is 60.7 Å². The van der Waals surface area contributed by atoms with Crippen LogP contribution in [0.2, 0.25) is 0 Å². The molecule has 0 atom stereocenters. The number of aryl methyl sites for hydroxylation is 1. The maximum atomic E-state index is 13.5. The Bertz CT molecular complexity index is 1570. The fourth-order valence-corrected chi connectivity index (χ4v) is 4.64. The summed E-state index contributed by atoms with van der Waals surface area (Å²) in [6.07, 6.45) is 0.667. The summed E-state index contributed by atoms with van der Waals surface area (Å²) in [5, 5.41) is 9.22. The first-order valence-corrected chi connectivity index (χ1v) is 12.3. The number of benzene rings is 3. The number of hydrogen-bond donors (Lipinski definition) is 0. The monoisotopic (exact) mass is 498 g/mol. The van der Waals surface area contributed by atoms with Gasteiger partial charge in [0.15, 0.2) is 5.16 Å². The number of rotatable bonds is 8. The van der Waals surface area contributed by atoms with Gasteiger partial charge in [-0.2, -0.15) is 0 Å². The lowest BCUT2D eigenvalue weighted by Gasteiger charge is -2.13. The largest absolute Gasteiger partial charge is 0.465 e. The van der Waals surface area contributed by atoms with Crippen LogP contribution in [0.25, 0.3) is 22.4 Å². The third kappa shape index (κ3) is 5.06. The van der Waals surface area contributed by atoms with Gasteiger partial charge in [0.05, 0.1) is 29.3 Å². The van der Waals surface area contributed by atoms with Crippen molar-refractivity contribution >= 4 is 28.6 Å². The van der Waals surface area contributed by atoms with Crippen molar-refractivity contribution in [3.8, 4) is 11.5 Å². The minimum absolute atomic E-state index is 0.176. The summed E-state index contributed by atoms with van der Waals surface area (Å²) in [6, 6.07) is 24.3. The van der Waals surface area contributed by atoms with Crippen molar-refractivity contribution in [1.29, 1.82) is 0 Å². The Kier molecular flexibility index (Phi) is 6.90. The molecule has 0 aliphatic heterocycles. The van der Waals surface area contributed by atoms with E-state index in [1.54, 1.807) is 22.8 Å². The fraction of sp³-hybridized carbons (Fsp3) is 0.148. The molecule has 0 unspecified atom stereocenters. The minimum Gasteiger partial charge on any atom is -0.465 e. The second-order valence-electron chi connectivity index (χ2n) is 7.97. The molecule has 0 spiro atoms. The Morgan fingerprint density at radius 2 is 1.75 bits per heavy atom. The average molecular weight is 499 g/mol. The normalized spacial score (nSPS) is 11.0.